The van der Waals surface area contributed by atoms with Crippen LogP contribution in [0.1, 0.15) is 10.4 Å². The van der Waals surface area contributed by atoms with E-state index in [-0.39, 0.29) is 11.8 Å². The van der Waals surface area contributed by atoms with Gasteiger partial charge in [0, 0.05) is 17.1 Å². The molecule has 0 aliphatic carbocycles. The summed E-state index contributed by atoms with van der Waals surface area (Å²) in [4.78, 5) is 13.3. The molecule has 1 aromatic carbocycles. The van der Waals surface area contributed by atoms with Gasteiger partial charge in [-0.15, -0.1) is 11.3 Å². The van der Waals surface area contributed by atoms with Crippen LogP contribution in [0, 0.1) is 5.92 Å². The average Bonchev–Trinajstić information content (AvgIpc) is 2.97. The Bertz CT molecular complexity index is 565. The SMILES string of the molecule is O=C(NCc1cccs1)C1CNc2ccccc2C1. The van der Waals surface area contributed by atoms with Crippen molar-refractivity contribution >= 4 is 22.9 Å². The molecule has 0 spiro atoms. The predicted octanol–water partition coefficient (Wildman–Crippen LogP) is 2.65. The van der Waals surface area contributed by atoms with Gasteiger partial charge in [-0.2, -0.15) is 0 Å². The Morgan fingerprint density at radius 3 is 3.05 bits per heavy atom. The highest BCUT2D eigenvalue weighted by Gasteiger charge is 2.23. The van der Waals surface area contributed by atoms with Gasteiger partial charge in [0.05, 0.1) is 12.5 Å². The molecule has 19 heavy (non-hydrogen) atoms. The van der Waals surface area contributed by atoms with E-state index in [2.05, 4.69) is 22.8 Å². The van der Waals surface area contributed by atoms with Crippen molar-refractivity contribution in [1.29, 1.82) is 0 Å². The van der Waals surface area contributed by atoms with Gasteiger partial charge in [-0.1, -0.05) is 24.3 Å². The predicted molar refractivity (Wildman–Crippen MR) is 78.3 cm³/mol. The quantitative estimate of drug-likeness (QED) is 0.902. The normalized spacial score (nSPS) is 17.4. The average molecular weight is 272 g/mol. The van der Waals surface area contributed by atoms with Gasteiger partial charge in [0.2, 0.25) is 5.91 Å². The van der Waals surface area contributed by atoms with Crippen molar-refractivity contribution in [2.45, 2.75) is 13.0 Å². The van der Waals surface area contributed by atoms with E-state index in [1.165, 1.54) is 10.4 Å². The lowest BCUT2D eigenvalue weighted by Gasteiger charge is -2.25. The van der Waals surface area contributed by atoms with Gasteiger partial charge in [-0.3, -0.25) is 4.79 Å². The van der Waals surface area contributed by atoms with E-state index in [0.717, 1.165) is 12.1 Å². The number of rotatable bonds is 3. The molecule has 1 unspecified atom stereocenters. The zero-order valence-electron chi connectivity index (χ0n) is 10.6. The topological polar surface area (TPSA) is 41.1 Å². The number of thiophene rings is 1. The molecule has 0 radical (unpaired) electrons. The standard InChI is InChI=1S/C15H16N2OS/c18-15(17-10-13-5-3-7-19-13)12-8-11-4-1-2-6-14(11)16-9-12/h1-7,12,16H,8-10H2,(H,17,18). The number of nitrogens with one attached hydrogen (secondary N) is 2. The van der Waals surface area contributed by atoms with E-state index in [1.54, 1.807) is 11.3 Å². The molecule has 1 aliphatic rings. The first-order valence-corrected chi connectivity index (χ1v) is 7.33. The Morgan fingerprint density at radius 1 is 1.32 bits per heavy atom. The molecule has 0 saturated carbocycles. The summed E-state index contributed by atoms with van der Waals surface area (Å²) in [6.07, 6.45) is 0.819. The van der Waals surface area contributed by atoms with E-state index < -0.39 is 0 Å². The fourth-order valence-electron chi connectivity index (χ4n) is 2.36. The van der Waals surface area contributed by atoms with Crippen LogP contribution >= 0.6 is 11.3 Å². The highest BCUT2D eigenvalue weighted by Crippen LogP contribution is 2.24. The zero-order chi connectivity index (χ0) is 13.1. The van der Waals surface area contributed by atoms with Crippen molar-refractivity contribution in [3.05, 3.63) is 52.2 Å². The number of hydrogen-bond donors (Lipinski definition) is 2. The molecule has 98 valence electrons. The molecule has 2 aromatic rings. The maximum atomic E-state index is 12.2. The Balaban J connectivity index is 1.60. The second kappa shape index (κ2) is 5.45. The molecule has 1 aromatic heterocycles. The summed E-state index contributed by atoms with van der Waals surface area (Å²) in [5.74, 6) is 0.158. The minimum Gasteiger partial charge on any atom is -0.384 e. The molecular weight excluding hydrogens is 256 g/mol. The molecule has 1 amide bonds. The van der Waals surface area contributed by atoms with E-state index in [9.17, 15) is 4.79 Å². The first kappa shape index (κ1) is 12.2. The molecule has 0 bridgehead atoms. The molecule has 0 fully saturated rings. The van der Waals surface area contributed by atoms with Crippen molar-refractivity contribution in [3.63, 3.8) is 0 Å². The number of amides is 1. The van der Waals surface area contributed by atoms with Gasteiger partial charge in [0.1, 0.15) is 0 Å². The van der Waals surface area contributed by atoms with Crippen LogP contribution < -0.4 is 10.6 Å². The van der Waals surface area contributed by atoms with E-state index in [1.807, 2.05) is 29.6 Å². The second-order valence-electron chi connectivity index (χ2n) is 4.74. The first-order chi connectivity index (χ1) is 9.33. The molecule has 0 saturated heterocycles. The van der Waals surface area contributed by atoms with Gasteiger partial charge in [-0.05, 0) is 29.5 Å². The van der Waals surface area contributed by atoms with Crippen LogP contribution in [-0.2, 0) is 17.8 Å². The van der Waals surface area contributed by atoms with E-state index in [0.29, 0.717) is 13.1 Å². The van der Waals surface area contributed by atoms with Gasteiger partial charge < -0.3 is 10.6 Å². The number of carbonyl (C=O) groups is 1. The van der Waals surface area contributed by atoms with E-state index >= 15 is 0 Å². The Kier molecular flexibility index (Phi) is 3.51. The molecule has 2 N–H and O–H groups in total. The largest absolute Gasteiger partial charge is 0.384 e. The van der Waals surface area contributed by atoms with Crippen LogP contribution in [0.5, 0.6) is 0 Å². The van der Waals surface area contributed by atoms with Crippen molar-refractivity contribution in [2.75, 3.05) is 11.9 Å². The zero-order valence-corrected chi connectivity index (χ0v) is 11.4. The lowest BCUT2D eigenvalue weighted by Crippen LogP contribution is -2.37. The maximum absolute atomic E-state index is 12.2. The van der Waals surface area contributed by atoms with Crippen LogP contribution in [0.25, 0.3) is 0 Å². The lowest BCUT2D eigenvalue weighted by atomic mass is 9.93. The molecule has 1 aliphatic heterocycles. The van der Waals surface area contributed by atoms with Gasteiger partial charge in [0.15, 0.2) is 0 Å². The van der Waals surface area contributed by atoms with Crippen molar-refractivity contribution in [3.8, 4) is 0 Å². The van der Waals surface area contributed by atoms with Crippen LogP contribution in [0.2, 0.25) is 0 Å². The van der Waals surface area contributed by atoms with Crippen LogP contribution in [0.15, 0.2) is 41.8 Å². The summed E-state index contributed by atoms with van der Waals surface area (Å²) in [5.41, 5.74) is 2.38. The molecule has 2 heterocycles. The van der Waals surface area contributed by atoms with Gasteiger partial charge in [-0.25, -0.2) is 0 Å². The number of benzene rings is 1. The second-order valence-corrected chi connectivity index (χ2v) is 5.77. The molecule has 3 rings (SSSR count). The van der Waals surface area contributed by atoms with Crippen molar-refractivity contribution < 1.29 is 4.79 Å². The number of fused-ring (bicyclic) bond motifs is 1. The van der Waals surface area contributed by atoms with Crippen LogP contribution in [-0.4, -0.2) is 12.5 Å². The summed E-state index contributed by atoms with van der Waals surface area (Å²) < 4.78 is 0. The summed E-state index contributed by atoms with van der Waals surface area (Å²) in [5, 5.41) is 8.37. The minimum atomic E-state index is 0.0230. The number of anilines is 1. The first-order valence-electron chi connectivity index (χ1n) is 6.45. The smallest absolute Gasteiger partial charge is 0.225 e. The highest BCUT2D eigenvalue weighted by molar-refractivity contribution is 7.09. The molecular formula is C15H16N2OS. The third-order valence-corrected chi connectivity index (χ3v) is 4.29. The summed E-state index contributed by atoms with van der Waals surface area (Å²) in [6.45, 7) is 1.35. The summed E-state index contributed by atoms with van der Waals surface area (Å²) in [6, 6.07) is 12.2. The fraction of sp³-hybridized carbons (Fsp3) is 0.267. The molecule has 1 atom stereocenters. The van der Waals surface area contributed by atoms with Crippen LogP contribution in [0.3, 0.4) is 0 Å². The fourth-order valence-corrected chi connectivity index (χ4v) is 3.00. The number of carbonyl (C=O) groups excluding carboxylic acids is 1. The summed E-state index contributed by atoms with van der Waals surface area (Å²) >= 11 is 1.67. The van der Waals surface area contributed by atoms with Gasteiger partial charge in [0.25, 0.3) is 0 Å². The molecule has 3 nitrogen and oxygen atoms in total. The third-order valence-electron chi connectivity index (χ3n) is 3.41. The highest BCUT2D eigenvalue weighted by atomic mass is 32.1. The van der Waals surface area contributed by atoms with Crippen molar-refractivity contribution in [1.82, 2.24) is 5.32 Å². The summed E-state index contributed by atoms with van der Waals surface area (Å²) in [7, 11) is 0. The van der Waals surface area contributed by atoms with Crippen LogP contribution in [0.4, 0.5) is 5.69 Å². The Hall–Kier alpha value is -1.81. The Morgan fingerprint density at radius 2 is 2.21 bits per heavy atom. The third kappa shape index (κ3) is 2.79. The monoisotopic (exact) mass is 272 g/mol. The Labute approximate surface area is 116 Å². The maximum Gasteiger partial charge on any atom is 0.225 e. The number of hydrogen-bond acceptors (Lipinski definition) is 3. The van der Waals surface area contributed by atoms with E-state index in [4.69, 9.17) is 0 Å². The van der Waals surface area contributed by atoms with Gasteiger partial charge >= 0.3 is 0 Å². The lowest BCUT2D eigenvalue weighted by molar-refractivity contribution is -0.124. The minimum absolute atomic E-state index is 0.0230. The molecule has 4 heteroatoms. The van der Waals surface area contributed by atoms with Crippen molar-refractivity contribution in [2.24, 2.45) is 5.92 Å². The number of para-hydroxylation sites is 1.